The normalized spacial score (nSPS) is 16.5. The topological polar surface area (TPSA) is 66.5 Å². The molecule has 1 aromatic carbocycles. The van der Waals surface area contributed by atoms with Gasteiger partial charge in [0.25, 0.3) is 0 Å². The van der Waals surface area contributed by atoms with E-state index < -0.39 is 10.0 Å². The maximum atomic E-state index is 12.2. The van der Waals surface area contributed by atoms with Crippen LogP contribution in [0.15, 0.2) is 24.3 Å². The molecule has 1 aliphatic carbocycles. The number of nitrogens with one attached hydrogen (secondary N) is 1. The molecule has 5 nitrogen and oxygen atoms in total. The van der Waals surface area contributed by atoms with E-state index in [0.29, 0.717) is 0 Å². The summed E-state index contributed by atoms with van der Waals surface area (Å²) >= 11 is 0. The van der Waals surface area contributed by atoms with Crippen molar-refractivity contribution in [2.24, 2.45) is 0 Å². The van der Waals surface area contributed by atoms with Gasteiger partial charge < -0.3 is 5.32 Å². The quantitative estimate of drug-likeness (QED) is 0.865. The summed E-state index contributed by atoms with van der Waals surface area (Å²) < 4.78 is 25.2. The molecule has 1 saturated carbocycles. The fourth-order valence-electron chi connectivity index (χ4n) is 2.98. The zero-order valence-electron chi connectivity index (χ0n) is 13.9. The molecule has 1 N–H and O–H groups in total. The Morgan fingerprint density at radius 2 is 1.96 bits per heavy atom. The van der Waals surface area contributed by atoms with E-state index in [1.807, 2.05) is 31.2 Å². The van der Waals surface area contributed by atoms with Crippen molar-refractivity contribution in [2.45, 2.75) is 51.6 Å². The zero-order chi connectivity index (χ0) is 16.9. The van der Waals surface area contributed by atoms with Gasteiger partial charge in [-0.1, -0.05) is 49.1 Å². The van der Waals surface area contributed by atoms with E-state index in [9.17, 15) is 13.2 Å². The summed E-state index contributed by atoms with van der Waals surface area (Å²) in [5, 5.41) is 2.97. The van der Waals surface area contributed by atoms with Crippen molar-refractivity contribution in [3.8, 4) is 0 Å². The summed E-state index contributed by atoms with van der Waals surface area (Å²) in [7, 11) is -3.44. The molecule has 1 aliphatic rings. The van der Waals surface area contributed by atoms with Gasteiger partial charge in [-0.3, -0.25) is 4.79 Å². The standard InChI is InChI=1S/C17H26N2O3S/c1-14-7-6-8-15(11-14)12-19(23(2,21)22)13-17(20)18-16-9-4-3-5-10-16/h6-8,11,16H,3-5,9-10,12-13H2,1-2H3,(H,18,20). The molecule has 0 atom stereocenters. The number of hydrogen-bond acceptors (Lipinski definition) is 3. The van der Waals surface area contributed by atoms with Crippen molar-refractivity contribution >= 4 is 15.9 Å². The number of aryl methyl sites for hydroxylation is 1. The van der Waals surface area contributed by atoms with Gasteiger partial charge in [-0.15, -0.1) is 0 Å². The van der Waals surface area contributed by atoms with E-state index in [1.54, 1.807) is 0 Å². The molecule has 6 heteroatoms. The van der Waals surface area contributed by atoms with Gasteiger partial charge in [0.15, 0.2) is 0 Å². The highest BCUT2D eigenvalue weighted by molar-refractivity contribution is 7.88. The van der Waals surface area contributed by atoms with Crippen molar-refractivity contribution in [2.75, 3.05) is 12.8 Å². The summed E-state index contributed by atoms with van der Waals surface area (Å²) in [6.07, 6.45) is 6.60. The van der Waals surface area contributed by atoms with E-state index in [1.165, 1.54) is 10.7 Å². The molecule has 1 aromatic rings. The average molecular weight is 338 g/mol. The molecule has 0 heterocycles. The molecule has 0 radical (unpaired) electrons. The third kappa shape index (κ3) is 5.95. The maximum Gasteiger partial charge on any atom is 0.235 e. The third-order valence-corrected chi connectivity index (χ3v) is 5.40. The van der Waals surface area contributed by atoms with Gasteiger partial charge in [-0.05, 0) is 25.3 Å². The number of sulfonamides is 1. The van der Waals surface area contributed by atoms with Crippen LogP contribution in [0.3, 0.4) is 0 Å². The lowest BCUT2D eigenvalue weighted by Gasteiger charge is -2.25. The van der Waals surface area contributed by atoms with E-state index in [-0.39, 0.29) is 25.0 Å². The Morgan fingerprint density at radius 3 is 2.57 bits per heavy atom. The van der Waals surface area contributed by atoms with Gasteiger partial charge in [0, 0.05) is 12.6 Å². The number of rotatable bonds is 6. The van der Waals surface area contributed by atoms with Gasteiger partial charge in [0.2, 0.25) is 15.9 Å². The average Bonchev–Trinajstić information content (AvgIpc) is 2.46. The summed E-state index contributed by atoms with van der Waals surface area (Å²) in [5.41, 5.74) is 1.96. The summed E-state index contributed by atoms with van der Waals surface area (Å²) in [4.78, 5) is 12.2. The van der Waals surface area contributed by atoms with Crippen molar-refractivity contribution in [3.63, 3.8) is 0 Å². The van der Waals surface area contributed by atoms with E-state index in [0.717, 1.165) is 43.1 Å². The number of nitrogens with zero attached hydrogens (tertiary/aromatic N) is 1. The van der Waals surface area contributed by atoms with Gasteiger partial charge in [0.1, 0.15) is 0 Å². The van der Waals surface area contributed by atoms with Crippen LogP contribution in [0.25, 0.3) is 0 Å². The summed E-state index contributed by atoms with van der Waals surface area (Å²) in [6.45, 7) is 2.06. The van der Waals surface area contributed by atoms with Crippen LogP contribution in [0.1, 0.15) is 43.2 Å². The second kappa shape index (κ2) is 7.93. The molecular weight excluding hydrogens is 312 g/mol. The highest BCUT2D eigenvalue weighted by Crippen LogP contribution is 2.17. The number of hydrogen-bond donors (Lipinski definition) is 1. The molecule has 128 valence electrons. The Labute approximate surface area is 139 Å². The minimum absolute atomic E-state index is 0.122. The first-order valence-electron chi connectivity index (χ1n) is 8.14. The van der Waals surface area contributed by atoms with Crippen molar-refractivity contribution < 1.29 is 13.2 Å². The van der Waals surface area contributed by atoms with Crippen LogP contribution in [0.4, 0.5) is 0 Å². The minimum Gasteiger partial charge on any atom is -0.352 e. The fraction of sp³-hybridized carbons (Fsp3) is 0.588. The first-order chi connectivity index (χ1) is 10.8. The van der Waals surface area contributed by atoms with Crippen LogP contribution in [-0.2, 0) is 21.4 Å². The largest absolute Gasteiger partial charge is 0.352 e. The number of carbonyl (C=O) groups is 1. The van der Waals surface area contributed by atoms with Crippen LogP contribution in [0.2, 0.25) is 0 Å². The Kier molecular flexibility index (Phi) is 6.18. The zero-order valence-corrected chi connectivity index (χ0v) is 14.7. The summed E-state index contributed by atoms with van der Waals surface area (Å²) in [5.74, 6) is -0.213. The first kappa shape index (κ1) is 17.9. The first-order valence-corrected chi connectivity index (χ1v) is 9.99. The molecule has 0 unspecified atom stereocenters. The van der Waals surface area contributed by atoms with Crippen LogP contribution in [0, 0.1) is 6.92 Å². The van der Waals surface area contributed by atoms with Gasteiger partial charge in [-0.25, -0.2) is 8.42 Å². The fourth-order valence-corrected chi connectivity index (χ4v) is 3.72. The molecule has 1 amide bonds. The number of amides is 1. The smallest absolute Gasteiger partial charge is 0.235 e. The maximum absolute atomic E-state index is 12.2. The molecule has 0 aromatic heterocycles. The van der Waals surface area contributed by atoms with E-state index in [4.69, 9.17) is 0 Å². The second-order valence-corrected chi connectivity index (χ2v) is 8.40. The highest BCUT2D eigenvalue weighted by atomic mass is 32.2. The van der Waals surface area contributed by atoms with Crippen LogP contribution in [0.5, 0.6) is 0 Å². The lowest BCUT2D eigenvalue weighted by Crippen LogP contribution is -2.44. The Balaban J connectivity index is 1.99. The Hall–Kier alpha value is -1.40. The lowest BCUT2D eigenvalue weighted by molar-refractivity contribution is -0.122. The number of benzene rings is 1. The van der Waals surface area contributed by atoms with Crippen molar-refractivity contribution in [3.05, 3.63) is 35.4 Å². The molecule has 0 aliphatic heterocycles. The highest BCUT2D eigenvalue weighted by Gasteiger charge is 2.22. The van der Waals surface area contributed by atoms with Gasteiger partial charge in [-0.2, -0.15) is 4.31 Å². The van der Waals surface area contributed by atoms with Gasteiger partial charge in [0.05, 0.1) is 12.8 Å². The second-order valence-electron chi connectivity index (χ2n) is 6.42. The minimum atomic E-state index is -3.44. The van der Waals surface area contributed by atoms with Crippen molar-refractivity contribution in [1.82, 2.24) is 9.62 Å². The SMILES string of the molecule is Cc1cccc(CN(CC(=O)NC2CCCCC2)S(C)(=O)=O)c1. The Bertz CT molecular complexity index is 637. The predicted molar refractivity (Wildman–Crippen MR) is 91.4 cm³/mol. The molecular formula is C17H26N2O3S. The molecule has 2 rings (SSSR count). The van der Waals surface area contributed by atoms with Crippen LogP contribution < -0.4 is 5.32 Å². The predicted octanol–water partition coefficient (Wildman–Crippen LogP) is 2.21. The molecule has 0 bridgehead atoms. The Morgan fingerprint density at radius 1 is 1.26 bits per heavy atom. The van der Waals surface area contributed by atoms with E-state index >= 15 is 0 Å². The van der Waals surface area contributed by atoms with E-state index in [2.05, 4.69) is 5.32 Å². The van der Waals surface area contributed by atoms with Gasteiger partial charge >= 0.3 is 0 Å². The van der Waals surface area contributed by atoms with Crippen LogP contribution >= 0.6 is 0 Å². The molecule has 1 fully saturated rings. The molecule has 0 saturated heterocycles. The monoisotopic (exact) mass is 338 g/mol. The van der Waals surface area contributed by atoms with Crippen molar-refractivity contribution in [1.29, 1.82) is 0 Å². The molecule has 0 spiro atoms. The number of carbonyl (C=O) groups excluding carboxylic acids is 1. The molecule has 23 heavy (non-hydrogen) atoms. The van der Waals surface area contributed by atoms with Crippen LogP contribution in [-0.4, -0.2) is 37.5 Å². The summed E-state index contributed by atoms with van der Waals surface area (Å²) in [6, 6.07) is 7.87. The lowest BCUT2D eigenvalue weighted by atomic mass is 9.95. The third-order valence-electron chi connectivity index (χ3n) is 4.20.